The van der Waals surface area contributed by atoms with Crippen LogP contribution in [0.15, 0.2) is 271 Å². The van der Waals surface area contributed by atoms with E-state index in [1.54, 1.807) is 0 Å². The summed E-state index contributed by atoms with van der Waals surface area (Å²) in [6.45, 7) is 0. The van der Waals surface area contributed by atoms with Gasteiger partial charge in [-0.2, -0.15) is 0 Å². The normalized spacial score (nSPS) is 12.7. The summed E-state index contributed by atoms with van der Waals surface area (Å²) in [6, 6.07) is 97.3. The van der Waals surface area contributed by atoms with E-state index in [4.69, 9.17) is 4.42 Å². The number of aromatic nitrogens is 1. The number of anilines is 3. The average Bonchev–Trinajstić information content (AvgIpc) is 4.09. The number of furan rings is 1. The second-order valence-electron chi connectivity index (χ2n) is 18.4. The average molecular weight is 893 g/mol. The summed E-state index contributed by atoms with van der Waals surface area (Å²) in [5, 5.41) is 4.62. The molecule has 0 fully saturated rings. The van der Waals surface area contributed by atoms with E-state index in [0.717, 1.165) is 72.5 Å². The topological polar surface area (TPSA) is 21.3 Å². The fourth-order valence-electron chi connectivity index (χ4n) is 11.7. The molecule has 0 bridgehead atoms. The first-order valence-corrected chi connectivity index (χ1v) is 24.1. The van der Waals surface area contributed by atoms with Crippen LogP contribution in [0.5, 0.6) is 0 Å². The zero-order valence-corrected chi connectivity index (χ0v) is 38.2. The number of para-hydroxylation sites is 3. The van der Waals surface area contributed by atoms with Gasteiger partial charge in [0.25, 0.3) is 0 Å². The van der Waals surface area contributed by atoms with Crippen LogP contribution >= 0.6 is 0 Å². The van der Waals surface area contributed by atoms with Gasteiger partial charge in [-0.25, -0.2) is 0 Å². The van der Waals surface area contributed by atoms with Gasteiger partial charge in [-0.3, -0.25) is 0 Å². The van der Waals surface area contributed by atoms with Crippen molar-refractivity contribution >= 4 is 60.8 Å². The summed E-state index contributed by atoms with van der Waals surface area (Å²) < 4.78 is 8.99. The molecule has 1 aliphatic rings. The standard InChI is InChI=1S/C67H44N2O/c1-5-19-46(20-6-1)53-29-17-30-56-58-43-47(37-42-64(58)70-66(53)56)45-35-38-51(39-36-45)68(62-33-18-34-63-65(62)57-28-14-16-32-61(57)69(63)50-25-11-4-12-26-50)52-40-41-55-54-27-13-15-31-59(54)67(60(55)44-52,48-21-7-2-8-22-48)49-23-9-3-10-24-49/h1-44H. The number of rotatable bonds is 8. The maximum Gasteiger partial charge on any atom is 0.143 e. The van der Waals surface area contributed by atoms with E-state index < -0.39 is 5.41 Å². The molecule has 0 spiro atoms. The lowest BCUT2D eigenvalue weighted by Crippen LogP contribution is -2.28. The van der Waals surface area contributed by atoms with E-state index in [2.05, 4.69) is 276 Å². The summed E-state index contributed by atoms with van der Waals surface area (Å²) >= 11 is 0. The summed E-state index contributed by atoms with van der Waals surface area (Å²) in [4.78, 5) is 2.48. The molecule has 328 valence electrons. The second-order valence-corrected chi connectivity index (χ2v) is 18.4. The maximum atomic E-state index is 6.59. The molecule has 0 radical (unpaired) electrons. The van der Waals surface area contributed by atoms with Crippen molar-refractivity contribution < 1.29 is 4.42 Å². The SMILES string of the molecule is c1ccc(-c2cccc3c2oc2ccc(-c4ccc(N(c5ccc6c(c5)C(c5ccccc5)(c5ccccc5)c5ccccc5-6)c5cccc6c5c5ccccc5n6-c5ccccc5)cc4)cc23)cc1. The third-order valence-corrected chi connectivity index (χ3v) is 14.7. The summed E-state index contributed by atoms with van der Waals surface area (Å²) in [7, 11) is 0. The second kappa shape index (κ2) is 16.0. The van der Waals surface area contributed by atoms with Crippen LogP contribution in [0.1, 0.15) is 22.3 Å². The molecule has 0 saturated carbocycles. The molecule has 70 heavy (non-hydrogen) atoms. The van der Waals surface area contributed by atoms with Crippen LogP contribution in [-0.2, 0) is 5.41 Å². The van der Waals surface area contributed by atoms with E-state index >= 15 is 0 Å². The molecule has 3 nitrogen and oxygen atoms in total. The summed E-state index contributed by atoms with van der Waals surface area (Å²) in [6.07, 6.45) is 0. The van der Waals surface area contributed by atoms with Crippen LogP contribution in [0.25, 0.3) is 82.8 Å². The maximum absolute atomic E-state index is 6.59. The Labute approximate surface area is 406 Å². The van der Waals surface area contributed by atoms with Crippen molar-refractivity contribution in [1.82, 2.24) is 4.57 Å². The zero-order valence-electron chi connectivity index (χ0n) is 38.2. The molecular weight excluding hydrogens is 849 g/mol. The Morgan fingerprint density at radius 2 is 0.943 bits per heavy atom. The molecule has 14 rings (SSSR count). The van der Waals surface area contributed by atoms with Gasteiger partial charge in [0, 0.05) is 44.2 Å². The van der Waals surface area contributed by atoms with E-state index in [0.29, 0.717) is 0 Å². The molecule has 3 heteroatoms. The predicted molar refractivity (Wildman–Crippen MR) is 291 cm³/mol. The van der Waals surface area contributed by atoms with Crippen LogP contribution in [0.2, 0.25) is 0 Å². The number of fused-ring (bicyclic) bond motifs is 9. The fourth-order valence-corrected chi connectivity index (χ4v) is 11.7. The van der Waals surface area contributed by atoms with Gasteiger partial charge in [-0.1, -0.05) is 200 Å². The van der Waals surface area contributed by atoms with Crippen LogP contribution in [0.3, 0.4) is 0 Å². The Morgan fingerprint density at radius 3 is 1.71 bits per heavy atom. The van der Waals surface area contributed by atoms with Gasteiger partial charge in [0.15, 0.2) is 0 Å². The number of hydrogen-bond donors (Lipinski definition) is 0. The Kier molecular flexibility index (Phi) is 9.11. The van der Waals surface area contributed by atoms with Crippen molar-refractivity contribution in [2.45, 2.75) is 5.41 Å². The lowest BCUT2D eigenvalue weighted by molar-refractivity contribution is 0.670. The number of benzene rings is 11. The third kappa shape index (κ3) is 6.01. The van der Waals surface area contributed by atoms with Gasteiger partial charge in [-0.05, 0) is 117 Å². The molecule has 1 aliphatic carbocycles. The van der Waals surface area contributed by atoms with E-state index in [1.807, 2.05) is 0 Å². The van der Waals surface area contributed by atoms with Gasteiger partial charge in [0.05, 0.1) is 22.1 Å². The molecule has 13 aromatic rings. The van der Waals surface area contributed by atoms with Crippen molar-refractivity contribution in [2.24, 2.45) is 0 Å². The summed E-state index contributed by atoms with van der Waals surface area (Å²) in [5.41, 5.74) is 20.0. The quantitative estimate of drug-likeness (QED) is 0.152. The van der Waals surface area contributed by atoms with Crippen LogP contribution < -0.4 is 4.90 Å². The van der Waals surface area contributed by atoms with Gasteiger partial charge in [0.2, 0.25) is 0 Å². The Hall–Kier alpha value is -9.18. The third-order valence-electron chi connectivity index (χ3n) is 14.7. The molecule has 2 heterocycles. The van der Waals surface area contributed by atoms with E-state index in [1.165, 1.54) is 49.7 Å². The molecule has 11 aromatic carbocycles. The zero-order chi connectivity index (χ0) is 46.2. The smallest absolute Gasteiger partial charge is 0.143 e. The molecule has 0 N–H and O–H groups in total. The highest BCUT2D eigenvalue weighted by Gasteiger charge is 2.46. The minimum absolute atomic E-state index is 0.549. The Bertz CT molecular complexity index is 4060. The lowest BCUT2D eigenvalue weighted by Gasteiger charge is -2.35. The number of nitrogens with zero attached hydrogens (tertiary/aromatic N) is 2. The highest BCUT2D eigenvalue weighted by Crippen LogP contribution is 2.57. The highest BCUT2D eigenvalue weighted by atomic mass is 16.3. The monoisotopic (exact) mass is 892 g/mol. The van der Waals surface area contributed by atoms with Gasteiger partial charge in [0.1, 0.15) is 11.2 Å². The highest BCUT2D eigenvalue weighted by molar-refractivity contribution is 6.17. The fraction of sp³-hybridized carbons (Fsp3) is 0.0149. The molecule has 0 aliphatic heterocycles. The Morgan fingerprint density at radius 1 is 0.357 bits per heavy atom. The molecule has 0 amide bonds. The summed E-state index contributed by atoms with van der Waals surface area (Å²) in [5.74, 6) is 0. The molecular formula is C67H44N2O. The first-order chi connectivity index (χ1) is 34.7. The minimum Gasteiger partial charge on any atom is -0.455 e. The number of hydrogen-bond acceptors (Lipinski definition) is 2. The molecule has 0 atom stereocenters. The first-order valence-electron chi connectivity index (χ1n) is 24.1. The van der Waals surface area contributed by atoms with Crippen LogP contribution in [0, 0.1) is 0 Å². The van der Waals surface area contributed by atoms with Crippen LogP contribution in [0.4, 0.5) is 17.1 Å². The molecule has 2 aromatic heterocycles. The molecule has 0 unspecified atom stereocenters. The van der Waals surface area contributed by atoms with Crippen molar-refractivity contribution in [3.8, 4) is 39.1 Å². The van der Waals surface area contributed by atoms with Crippen molar-refractivity contribution in [2.75, 3.05) is 4.90 Å². The van der Waals surface area contributed by atoms with Crippen molar-refractivity contribution in [3.05, 3.63) is 289 Å². The predicted octanol–water partition coefficient (Wildman–Crippen LogP) is 17.8. The lowest BCUT2D eigenvalue weighted by atomic mass is 9.67. The first kappa shape index (κ1) is 39.9. The van der Waals surface area contributed by atoms with Crippen molar-refractivity contribution in [3.63, 3.8) is 0 Å². The van der Waals surface area contributed by atoms with Gasteiger partial charge >= 0.3 is 0 Å². The van der Waals surface area contributed by atoms with Crippen LogP contribution in [-0.4, -0.2) is 4.57 Å². The largest absolute Gasteiger partial charge is 0.455 e. The Balaban J connectivity index is 0.985. The van der Waals surface area contributed by atoms with Gasteiger partial charge < -0.3 is 13.9 Å². The van der Waals surface area contributed by atoms with Gasteiger partial charge in [-0.15, -0.1) is 0 Å². The minimum atomic E-state index is -0.549. The van der Waals surface area contributed by atoms with Crippen molar-refractivity contribution in [1.29, 1.82) is 0 Å². The molecule has 0 saturated heterocycles. The van der Waals surface area contributed by atoms with E-state index in [9.17, 15) is 0 Å². The van der Waals surface area contributed by atoms with E-state index in [-0.39, 0.29) is 0 Å².